The lowest BCUT2D eigenvalue weighted by molar-refractivity contribution is -0.137. The van der Waals surface area contributed by atoms with E-state index in [0.29, 0.717) is 34.7 Å². The van der Waals surface area contributed by atoms with Crippen LogP contribution in [0.15, 0.2) is 97.1 Å². The van der Waals surface area contributed by atoms with Crippen molar-refractivity contribution in [3.8, 4) is 34.6 Å². The molecule has 220 valence electrons. The van der Waals surface area contributed by atoms with Crippen molar-refractivity contribution in [3.05, 3.63) is 114 Å². The summed E-state index contributed by atoms with van der Waals surface area (Å²) in [7, 11) is 3.14. The first-order valence-corrected chi connectivity index (χ1v) is 13.2. The molecule has 0 aliphatic rings. The van der Waals surface area contributed by atoms with Crippen molar-refractivity contribution < 1.29 is 32.2 Å². The van der Waals surface area contributed by atoms with Gasteiger partial charge in [0.15, 0.2) is 5.82 Å². The number of halogens is 3. The Kier molecular flexibility index (Phi) is 8.61. The number of anilines is 1. The van der Waals surface area contributed by atoms with Gasteiger partial charge in [-0.2, -0.15) is 18.2 Å². The normalized spacial score (nSPS) is 11.2. The molecule has 0 aliphatic carbocycles. The number of hydrogen-bond acceptors (Lipinski definition) is 6. The van der Waals surface area contributed by atoms with Gasteiger partial charge in [0.2, 0.25) is 0 Å². The van der Waals surface area contributed by atoms with Gasteiger partial charge in [-0.15, -0.1) is 5.10 Å². The summed E-state index contributed by atoms with van der Waals surface area (Å²) in [5.74, 6) is 1.31. The van der Waals surface area contributed by atoms with Gasteiger partial charge in [0.1, 0.15) is 11.5 Å². The molecule has 0 aliphatic heterocycles. The summed E-state index contributed by atoms with van der Waals surface area (Å²) in [4.78, 5) is 17.3. The maximum absolute atomic E-state index is 13.2. The predicted molar refractivity (Wildman–Crippen MR) is 155 cm³/mol. The van der Waals surface area contributed by atoms with Crippen LogP contribution in [-0.4, -0.2) is 41.5 Å². The molecule has 0 radical (unpaired) electrons. The molecule has 11 heteroatoms. The van der Waals surface area contributed by atoms with Gasteiger partial charge >= 0.3 is 12.2 Å². The summed E-state index contributed by atoms with van der Waals surface area (Å²) in [6, 6.07) is 25.8. The number of nitrogens with zero attached hydrogens (tertiary/aromatic N) is 3. The molecule has 1 amide bonds. The van der Waals surface area contributed by atoms with Crippen molar-refractivity contribution in [1.82, 2.24) is 14.8 Å². The van der Waals surface area contributed by atoms with Crippen LogP contribution in [0.1, 0.15) is 21.5 Å². The Labute approximate surface area is 245 Å². The third kappa shape index (κ3) is 7.13. The number of carbonyl (C=O) groups is 1. The van der Waals surface area contributed by atoms with Gasteiger partial charge < -0.3 is 19.5 Å². The van der Waals surface area contributed by atoms with Gasteiger partial charge in [0.25, 0.3) is 5.91 Å². The van der Waals surface area contributed by atoms with E-state index in [4.69, 9.17) is 14.2 Å². The van der Waals surface area contributed by atoms with Crippen LogP contribution in [0.25, 0.3) is 17.1 Å². The van der Waals surface area contributed by atoms with Crippen LogP contribution in [0.2, 0.25) is 0 Å². The summed E-state index contributed by atoms with van der Waals surface area (Å²) < 4.78 is 57.2. The molecule has 8 nitrogen and oxygen atoms in total. The number of carbonyl (C=O) groups excluding carboxylic acids is 1. The molecular formula is C32H27F3N4O4. The Morgan fingerprint density at radius 1 is 0.860 bits per heavy atom. The largest absolute Gasteiger partial charge is 0.497 e. The second-order valence-corrected chi connectivity index (χ2v) is 9.38. The van der Waals surface area contributed by atoms with Crippen LogP contribution in [0, 0.1) is 0 Å². The summed E-state index contributed by atoms with van der Waals surface area (Å²) in [5.41, 5.74) is 2.07. The van der Waals surface area contributed by atoms with Crippen LogP contribution in [0.4, 0.5) is 18.9 Å². The molecule has 1 heterocycles. The van der Waals surface area contributed by atoms with Crippen molar-refractivity contribution in [1.29, 1.82) is 0 Å². The van der Waals surface area contributed by atoms with Crippen LogP contribution in [0.3, 0.4) is 0 Å². The molecule has 0 saturated carbocycles. The van der Waals surface area contributed by atoms with Crippen molar-refractivity contribution in [2.24, 2.45) is 0 Å². The minimum Gasteiger partial charge on any atom is -0.497 e. The third-order valence-corrected chi connectivity index (χ3v) is 6.54. The summed E-state index contributed by atoms with van der Waals surface area (Å²) >= 11 is 0. The summed E-state index contributed by atoms with van der Waals surface area (Å²) in [6.07, 6.45) is -3.90. The van der Waals surface area contributed by atoms with Gasteiger partial charge in [-0.25, -0.2) is 4.68 Å². The van der Waals surface area contributed by atoms with E-state index in [2.05, 4.69) is 15.4 Å². The lowest BCUT2D eigenvalue weighted by atomic mass is 10.1. The highest BCUT2D eigenvalue weighted by atomic mass is 19.4. The Morgan fingerprint density at radius 2 is 1.51 bits per heavy atom. The number of nitrogens with one attached hydrogen (secondary N) is 1. The molecule has 0 saturated heterocycles. The molecule has 0 fully saturated rings. The predicted octanol–water partition coefficient (Wildman–Crippen LogP) is 6.84. The molecule has 0 atom stereocenters. The fraction of sp³-hybridized carbons (Fsp3) is 0.156. The number of amides is 1. The molecule has 5 aromatic rings. The average molecular weight is 589 g/mol. The lowest BCUT2D eigenvalue weighted by Gasteiger charge is -2.10. The molecule has 0 unspecified atom stereocenters. The molecule has 4 aromatic carbocycles. The molecule has 1 aromatic heterocycles. The fourth-order valence-corrected chi connectivity index (χ4v) is 4.24. The molecule has 0 spiro atoms. The molecular weight excluding hydrogens is 561 g/mol. The maximum Gasteiger partial charge on any atom is 0.416 e. The van der Waals surface area contributed by atoms with Gasteiger partial charge in [-0.05, 0) is 72.3 Å². The average Bonchev–Trinajstić information content (AvgIpc) is 3.45. The second kappa shape index (κ2) is 12.7. The number of benzene rings is 4. The molecule has 5 rings (SSSR count). The summed E-state index contributed by atoms with van der Waals surface area (Å²) in [5, 5.41) is 7.35. The highest BCUT2D eigenvalue weighted by molar-refractivity contribution is 6.04. The third-order valence-electron chi connectivity index (χ3n) is 6.54. The minimum atomic E-state index is -4.47. The molecule has 1 N–H and O–H groups in total. The number of ether oxygens (including phenoxy) is 3. The first kappa shape index (κ1) is 29.2. The van der Waals surface area contributed by atoms with E-state index in [0.717, 1.165) is 23.4 Å². The summed E-state index contributed by atoms with van der Waals surface area (Å²) in [6.45, 7) is 0.265. The van der Waals surface area contributed by atoms with E-state index < -0.39 is 11.7 Å². The lowest BCUT2D eigenvalue weighted by Crippen LogP contribution is -2.12. The zero-order valence-corrected chi connectivity index (χ0v) is 23.3. The Hall–Kier alpha value is -5.32. The zero-order chi connectivity index (χ0) is 30.4. The number of rotatable bonds is 10. The molecule has 43 heavy (non-hydrogen) atoms. The first-order valence-electron chi connectivity index (χ1n) is 13.2. The fourth-order valence-electron chi connectivity index (χ4n) is 4.24. The standard InChI is InChI=1S/C32H27F3N4O4/c1-41-27-14-6-21(7-15-27)18-19-43-31-37-29(22-8-12-24(13-9-22)32(33,34)35)39(38-31)26-5-3-4-25(20-26)36-30(40)23-10-16-28(42-2)17-11-23/h3-17,20H,18-19H2,1-2H3,(H,36,40). The highest BCUT2D eigenvalue weighted by Crippen LogP contribution is 2.32. The highest BCUT2D eigenvalue weighted by Gasteiger charge is 2.30. The Balaban J connectivity index is 1.41. The van der Waals surface area contributed by atoms with E-state index in [1.54, 1.807) is 62.8 Å². The number of alkyl halides is 3. The van der Waals surface area contributed by atoms with Crippen LogP contribution < -0.4 is 19.5 Å². The van der Waals surface area contributed by atoms with E-state index in [-0.39, 0.29) is 24.3 Å². The number of aromatic nitrogens is 3. The number of hydrogen-bond donors (Lipinski definition) is 1. The minimum absolute atomic E-state index is 0.0519. The van der Waals surface area contributed by atoms with Crippen LogP contribution in [0.5, 0.6) is 17.5 Å². The zero-order valence-electron chi connectivity index (χ0n) is 23.3. The van der Waals surface area contributed by atoms with Crippen molar-refractivity contribution in [2.45, 2.75) is 12.6 Å². The Bertz CT molecular complexity index is 1680. The maximum atomic E-state index is 13.2. The first-order chi connectivity index (χ1) is 20.7. The van der Waals surface area contributed by atoms with Gasteiger partial charge in [-0.3, -0.25) is 4.79 Å². The number of methoxy groups -OCH3 is 2. The monoisotopic (exact) mass is 588 g/mol. The van der Waals surface area contributed by atoms with Crippen molar-refractivity contribution in [3.63, 3.8) is 0 Å². The van der Waals surface area contributed by atoms with E-state index in [1.807, 2.05) is 24.3 Å². The topological polar surface area (TPSA) is 87.5 Å². The van der Waals surface area contributed by atoms with E-state index in [1.165, 1.54) is 16.8 Å². The van der Waals surface area contributed by atoms with Crippen LogP contribution in [-0.2, 0) is 12.6 Å². The quantitative estimate of drug-likeness (QED) is 0.192. The van der Waals surface area contributed by atoms with Gasteiger partial charge in [0, 0.05) is 23.2 Å². The van der Waals surface area contributed by atoms with Crippen molar-refractivity contribution in [2.75, 3.05) is 26.1 Å². The van der Waals surface area contributed by atoms with E-state index >= 15 is 0 Å². The second-order valence-electron chi connectivity index (χ2n) is 9.38. The van der Waals surface area contributed by atoms with Crippen LogP contribution >= 0.6 is 0 Å². The molecule has 0 bridgehead atoms. The van der Waals surface area contributed by atoms with Gasteiger partial charge in [-0.1, -0.05) is 30.3 Å². The smallest absolute Gasteiger partial charge is 0.416 e. The van der Waals surface area contributed by atoms with E-state index in [9.17, 15) is 18.0 Å². The van der Waals surface area contributed by atoms with Gasteiger partial charge in [0.05, 0.1) is 32.1 Å². The SMILES string of the molecule is COc1ccc(CCOc2nc(-c3ccc(C(F)(F)F)cc3)n(-c3cccc(NC(=O)c4ccc(OC)cc4)c3)n2)cc1. The Morgan fingerprint density at radius 3 is 2.14 bits per heavy atom. The van der Waals surface area contributed by atoms with Crippen molar-refractivity contribution >= 4 is 11.6 Å².